The Morgan fingerprint density at radius 3 is 2.64 bits per heavy atom. The molecule has 1 aliphatic heterocycles. The Hall–Kier alpha value is -2.28. The van der Waals surface area contributed by atoms with Gasteiger partial charge in [0.25, 0.3) is 0 Å². The van der Waals surface area contributed by atoms with Gasteiger partial charge in [0.2, 0.25) is 6.10 Å². The molecule has 2 heterocycles. The molecule has 0 unspecified atom stereocenters. The van der Waals surface area contributed by atoms with Crippen molar-refractivity contribution in [3.05, 3.63) is 46.8 Å². The molecule has 2 aromatic rings. The van der Waals surface area contributed by atoms with Gasteiger partial charge in [-0.25, -0.2) is 4.79 Å². The van der Waals surface area contributed by atoms with Crippen LogP contribution in [0.3, 0.4) is 0 Å². The topological polar surface area (TPSA) is 46.5 Å². The van der Waals surface area contributed by atoms with Crippen LogP contribution in [0.5, 0.6) is 5.75 Å². The second-order valence-corrected chi connectivity index (χ2v) is 5.62. The summed E-state index contributed by atoms with van der Waals surface area (Å²) >= 11 is 1.48. The Morgan fingerprint density at radius 1 is 1.27 bits per heavy atom. The molecule has 1 aromatic heterocycles. The Balaban J connectivity index is 2.08. The maximum absolute atomic E-state index is 12.9. The summed E-state index contributed by atoms with van der Waals surface area (Å²) < 4.78 is 43.6. The number of carboxylic acid groups (broad SMARTS) is 1. The molecule has 3 rings (SSSR count). The lowest BCUT2D eigenvalue weighted by Crippen LogP contribution is -2.40. The van der Waals surface area contributed by atoms with Crippen LogP contribution in [0.4, 0.5) is 13.2 Å². The highest BCUT2D eigenvalue weighted by atomic mass is 32.1. The molecule has 0 bridgehead atoms. The van der Waals surface area contributed by atoms with Gasteiger partial charge < -0.3 is 9.84 Å². The lowest BCUT2D eigenvalue weighted by atomic mass is 9.99. The molecular weight excluding hydrogens is 317 g/mol. The molecule has 3 nitrogen and oxygen atoms in total. The summed E-state index contributed by atoms with van der Waals surface area (Å²) in [7, 11) is 0. The summed E-state index contributed by atoms with van der Waals surface area (Å²) in [5.41, 5.74) is 0.302. The average Bonchev–Trinajstić information content (AvgIpc) is 2.98. The quantitative estimate of drug-likeness (QED) is 0.899. The van der Waals surface area contributed by atoms with Gasteiger partial charge in [-0.3, -0.25) is 0 Å². The minimum absolute atomic E-state index is 0.0210. The van der Waals surface area contributed by atoms with E-state index in [1.165, 1.54) is 17.4 Å². The standard InChI is InChI=1S/C15H9F3O3S/c16-15(17,18)13-10(14(19)20)7-9-6-8(3-4-11(9)21-13)12-2-1-5-22-12/h1-7,13H,(H,19,20)/t13-/m0/s1. The van der Waals surface area contributed by atoms with Crippen molar-refractivity contribution in [3.8, 4) is 16.2 Å². The molecule has 0 spiro atoms. The zero-order valence-electron chi connectivity index (χ0n) is 10.9. The van der Waals surface area contributed by atoms with E-state index in [2.05, 4.69) is 0 Å². The lowest BCUT2D eigenvalue weighted by Gasteiger charge is -2.27. The van der Waals surface area contributed by atoms with Crippen LogP contribution in [-0.4, -0.2) is 23.4 Å². The smallest absolute Gasteiger partial charge is 0.430 e. The van der Waals surface area contributed by atoms with Crippen molar-refractivity contribution < 1.29 is 27.8 Å². The lowest BCUT2D eigenvalue weighted by molar-refractivity contribution is -0.187. The Kier molecular flexibility index (Phi) is 3.44. The van der Waals surface area contributed by atoms with Crippen LogP contribution in [0.15, 0.2) is 41.3 Å². The maximum Gasteiger partial charge on any atom is 0.430 e. The van der Waals surface area contributed by atoms with Gasteiger partial charge >= 0.3 is 12.1 Å². The molecular formula is C15H9F3O3S. The number of ether oxygens (including phenoxy) is 1. The fourth-order valence-electron chi connectivity index (χ4n) is 2.22. The summed E-state index contributed by atoms with van der Waals surface area (Å²) in [5, 5.41) is 10.9. The molecule has 22 heavy (non-hydrogen) atoms. The van der Waals surface area contributed by atoms with Gasteiger partial charge in [0.15, 0.2) is 0 Å². The van der Waals surface area contributed by atoms with Crippen molar-refractivity contribution in [1.29, 1.82) is 0 Å². The first-order valence-corrected chi connectivity index (χ1v) is 7.10. The molecule has 0 saturated heterocycles. The minimum atomic E-state index is -4.78. The van der Waals surface area contributed by atoms with Gasteiger partial charge in [-0.2, -0.15) is 13.2 Å². The number of carboxylic acids is 1. The van der Waals surface area contributed by atoms with E-state index in [4.69, 9.17) is 9.84 Å². The Morgan fingerprint density at radius 2 is 2.05 bits per heavy atom. The molecule has 0 aliphatic carbocycles. The van der Waals surface area contributed by atoms with E-state index in [1.54, 1.807) is 12.1 Å². The predicted molar refractivity (Wildman–Crippen MR) is 75.8 cm³/mol. The second kappa shape index (κ2) is 5.17. The van der Waals surface area contributed by atoms with Gasteiger partial charge in [0, 0.05) is 10.4 Å². The Bertz CT molecular complexity index is 748. The van der Waals surface area contributed by atoms with Gasteiger partial charge in [-0.15, -0.1) is 11.3 Å². The van der Waals surface area contributed by atoms with E-state index >= 15 is 0 Å². The molecule has 7 heteroatoms. The summed E-state index contributed by atoms with van der Waals surface area (Å²) in [6.45, 7) is 0. The first-order chi connectivity index (χ1) is 10.4. The number of carbonyl (C=O) groups is 1. The van der Waals surface area contributed by atoms with Crippen molar-refractivity contribution >= 4 is 23.4 Å². The number of fused-ring (bicyclic) bond motifs is 1. The van der Waals surface area contributed by atoms with Crippen molar-refractivity contribution in [3.63, 3.8) is 0 Å². The number of benzene rings is 1. The molecule has 1 aliphatic rings. The number of thiophene rings is 1. The van der Waals surface area contributed by atoms with E-state index in [0.29, 0.717) is 5.56 Å². The van der Waals surface area contributed by atoms with Crippen LogP contribution in [0.1, 0.15) is 5.56 Å². The van der Waals surface area contributed by atoms with Crippen molar-refractivity contribution in [2.75, 3.05) is 0 Å². The second-order valence-electron chi connectivity index (χ2n) is 4.67. The van der Waals surface area contributed by atoms with Crippen molar-refractivity contribution in [2.45, 2.75) is 12.3 Å². The number of halogens is 3. The van der Waals surface area contributed by atoms with Crippen LogP contribution < -0.4 is 4.74 Å². The number of aliphatic carboxylic acids is 1. The Labute approximate surface area is 127 Å². The third kappa shape index (κ3) is 2.59. The van der Waals surface area contributed by atoms with Crippen LogP contribution in [0, 0.1) is 0 Å². The third-order valence-electron chi connectivity index (χ3n) is 3.20. The number of alkyl halides is 3. The van der Waals surface area contributed by atoms with Crippen LogP contribution in [-0.2, 0) is 4.79 Å². The average molecular weight is 326 g/mol. The highest BCUT2D eigenvalue weighted by molar-refractivity contribution is 7.13. The number of rotatable bonds is 2. The minimum Gasteiger partial charge on any atom is -0.478 e. The monoisotopic (exact) mass is 326 g/mol. The molecule has 114 valence electrons. The van der Waals surface area contributed by atoms with Gasteiger partial charge in [0.1, 0.15) is 5.75 Å². The third-order valence-corrected chi connectivity index (χ3v) is 4.12. The molecule has 0 radical (unpaired) electrons. The normalized spacial score (nSPS) is 17.4. The molecule has 0 saturated carbocycles. The zero-order chi connectivity index (χ0) is 15.9. The fraction of sp³-hybridized carbons (Fsp3) is 0.133. The highest BCUT2D eigenvalue weighted by Crippen LogP contribution is 2.39. The van der Waals surface area contributed by atoms with Crippen molar-refractivity contribution in [2.24, 2.45) is 0 Å². The van der Waals surface area contributed by atoms with Gasteiger partial charge in [0.05, 0.1) is 5.57 Å². The fourth-order valence-corrected chi connectivity index (χ4v) is 2.94. The van der Waals surface area contributed by atoms with Crippen LogP contribution in [0.2, 0.25) is 0 Å². The highest BCUT2D eigenvalue weighted by Gasteiger charge is 2.48. The van der Waals surface area contributed by atoms with Crippen molar-refractivity contribution in [1.82, 2.24) is 0 Å². The summed E-state index contributed by atoms with van der Waals surface area (Å²) in [6, 6.07) is 8.43. The summed E-state index contributed by atoms with van der Waals surface area (Å²) in [4.78, 5) is 12.0. The molecule has 1 N–H and O–H groups in total. The predicted octanol–water partition coefficient (Wildman–Crippen LogP) is 4.21. The molecule has 0 amide bonds. The van der Waals surface area contributed by atoms with E-state index in [1.807, 2.05) is 17.5 Å². The SMILES string of the molecule is O=C(O)C1=Cc2cc(-c3cccs3)ccc2O[C@@H]1C(F)(F)F. The first-order valence-electron chi connectivity index (χ1n) is 6.22. The zero-order valence-corrected chi connectivity index (χ0v) is 11.7. The van der Waals surface area contributed by atoms with E-state index in [-0.39, 0.29) is 5.75 Å². The van der Waals surface area contributed by atoms with E-state index < -0.39 is 23.8 Å². The first kappa shape index (κ1) is 14.6. The summed E-state index contributed by atoms with van der Waals surface area (Å²) in [5.74, 6) is -1.62. The summed E-state index contributed by atoms with van der Waals surface area (Å²) in [6.07, 6.45) is -6.21. The van der Waals surface area contributed by atoms with Gasteiger partial charge in [-0.05, 0) is 41.3 Å². The van der Waals surface area contributed by atoms with E-state index in [0.717, 1.165) is 16.5 Å². The van der Waals surface area contributed by atoms with Crippen LogP contribution >= 0.6 is 11.3 Å². The number of hydrogen-bond acceptors (Lipinski definition) is 3. The molecule has 1 aromatic carbocycles. The number of hydrogen-bond donors (Lipinski definition) is 1. The molecule has 1 atom stereocenters. The maximum atomic E-state index is 12.9. The largest absolute Gasteiger partial charge is 0.478 e. The van der Waals surface area contributed by atoms with Crippen LogP contribution in [0.25, 0.3) is 16.5 Å². The van der Waals surface area contributed by atoms with E-state index in [9.17, 15) is 18.0 Å². The molecule has 0 fully saturated rings. The van der Waals surface area contributed by atoms with Gasteiger partial charge in [-0.1, -0.05) is 6.07 Å².